The number of nitrogens with zero attached hydrogens (tertiary/aromatic N) is 2. The van der Waals surface area contributed by atoms with Crippen LogP contribution in [0.2, 0.25) is 0 Å². The molecule has 31 heavy (non-hydrogen) atoms. The number of hydrogen-bond acceptors (Lipinski definition) is 5. The summed E-state index contributed by atoms with van der Waals surface area (Å²) in [5.41, 5.74) is 1.88. The number of halogens is 1. The second-order valence-corrected chi connectivity index (χ2v) is 8.36. The van der Waals surface area contributed by atoms with Crippen molar-refractivity contribution in [3.05, 3.63) is 54.3 Å². The van der Waals surface area contributed by atoms with E-state index in [1.54, 1.807) is 6.07 Å². The molecule has 4 rings (SSSR count). The molecule has 2 heterocycles. The maximum Gasteiger partial charge on any atom is 0.319 e. The van der Waals surface area contributed by atoms with Crippen LogP contribution >= 0.6 is 11.8 Å². The van der Waals surface area contributed by atoms with E-state index in [1.165, 1.54) is 30.0 Å². The predicted octanol–water partition coefficient (Wildman–Crippen LogP) is 4.12. The van der Waals surface area contributed by atoms with Gasteiger partial charge in [0, 0.05) is 25.3 Å². The third-order valence-electron chi connectivity index (χ3n) is 5.10. The Morgan fingerprint density at radius 1 is 1.23 bits per heavy atom. The summed E-state index contributed by atoms with van der Waals surface area (Å²) in [4.78, 5) is 30.9. The van der Waals surface area contributed by atoms with Gasteiger partial charge in [0.15, 0.2) is 5.58 Å². The van der Waals surface area contributed by atoms with Crippen LogP contribution in [0.5, 0.6) is 0 Å². The van der Waals surface area contributed by atoms with E-state index in [9.17, 15) is 14.0 Å². The number of oxazole rings is 1. The molecule has 2 N–H and O–H groups in total. The zero-order chi connectivity index (χ0) is 21.6. The molecular formula is C22H23FN4O3S. The summed E-state index contributed by atoms with van der Waals surface area (Å²) in [6.07, 6.45) is 1.82. The van der Waals surface area contributed by atoms with Crippen LogP contribution in [-0.4, -0.2) is 47.2 Å². The molecule has 1 aliphatic rings. The molecule has 162 valence electrons. The summed E-state index contributed by atoms with van der Waals surface area (Å²) in [5, 5.41) is 5.91. The van der Waals surface area contributed by atoms with Crippen LogP contribution < -0.4 is 10.6 Å². The fourth-order valence-electron chi connectivity index (χ4n) is 3.56. The molecule has 2 aromatic carbocycles. The number of carbonyl (C=O) groups is 2. The van der Waals surface area contributed by atoms with E-state index in [-0.39, 0.29) is 23.6 Å². The van der Waals surface area contributed by atoms with Gasteiger partial charge in [-0.25, -0.2) is 14.2 Å². The van der Waals surface area contributed by atoms with Crippen LogP contribution in [0.1, 0.15) is 12.8 Å². The van der Waals surface area contributed by atoms with Gasteiger partial charge in [-0.2, -0.15) is 0 Å². The number of nitrogens with one attached hydrogen (secondary N) is 2. The molecule has 3 amide bonds. The summed E-state index contributed by atoms with van der Waals surface area (Å²) in [6.45, 7) is 1.75. The molecule has 1 aliphatic heterocycles. The standard InChI is InChI=1S/C22H23FN4O3S/c23-16-6-3-7-17(11-16)25-21(29)24-12-15-5-4-10-27(13-15)20(28)14-31-22-26-18-8-1-2-9-19(18)30-22/h1-3,6-9,11,15H,4-5,10,12-14H2,(H2,24,25,29). The lowest BCUT2D eigenvalue weighted by molar-refractivity contribution is -0.130. The number of carbonyl (C=O) groups excluding carboxylic acids is 2. The number of thioether (sulfide) groups is 1. The summed E-state index contributed by atoms with van der Waals surface area (Å²) in [7, 11) is 0. The van der Waals surface area contributed by atoms with Crippen molar-refractivity contribution in [2.45, 2.75) is 18.1 Å². The maximum absolute atomic E-state index is 13.2. The fraction of sp³-hybridized carbons (Fsp3) is 0.318. The zero-order valence-corrected chi connectivity index (χ0v) is 17.7. The summed E-state index contributed by atoms with van der Waals surface area (Å²) in [5.74, 6) is 0.0499. The molecule has 0 saturated carbocycles. The van der Waals surface area contributed by atoms with Gasteiger partial charge in [-0.3, -0.25) is 4.79 Å². The highest BCUT2D eigenvalue weighted by Gasteiger charge is 2.24. The number of hydrogen-bond donors (Lipinski definition) is 2. The van der Waals surface area contributed by atoms with Gasteiger partial charge in [0.05, 0.1) is 5.75 Å². The first-order valence-corrected chi connectivity index (χ1v) is 11.1. The Labute approximate surface area is 183 Å². The number of urea groups is 1. The minimum Gasteiger partial charge on any atom is -0.431 e. The van der Waals surface area contributed by atoms with Crippen molar-refractivity contribution in [3.63, 3.8) is 0 Å². The number of para-hydroxylation sites is 2. The monoisotopic (exact) mass is 442 g/mol. The first-order chi connectivity index (χ1) is 15.1. The number of piperidine rings is 1. The van der Waals surface area contributed by atoms with Crippen LogP contribution in [0.15, 0.2) is 58.2 Å². The Kier molecular flexibility index (Phi) is 6.71. The summed E-state index contributed by atoms with van der Waals surface area (Å²) >= 11 is 1.29. The third kappa shape index (κ3) is 5.75. The number of amides is 3. The van der Waals surface area contributed by atoms with Crippen molar-refractivity contribution >= 4 is 40.5 Å². The molecule has 0 spiro atoms. The van der Waals surface area contributed by atoms with Crippen molar-refractivity contribution in [1.29, 1.82) is 0 Å². The van der Waals surface area contributed by atoms with E-state index in [4.69, 9.17) is 4.42 Å². The van der Waals surface area contributed by atoms with Gasteiger partial charge >= 0.3 is 6.03 Å². The van der Waals surface area contributed by atoms with E-state index in [2.05, 4.69) is 15.6 Å². The lowest BCUT2D eigenvalue weighted by Crippen LogP contribution is -2.44. The first-order valence-electron chi connectivity index (χ1n) is 10.1. The first kappa shape index (κ1) is 21.2. The molecule has 1 unspecified atom stereocenters. The smallest absolute Gasteiger partial charge is 0.319 e. The van der Waals surface area contributed by atoms with Crippen LogP contribution in [0.4, 0.5) is 14.9 Å². The number of benzene rings is 2. The van der Waals surface area contributed by atoms with Crippen molar-refractivity contribution in [1.82, 2.24) is 15.2 Å². The molecule has 1 atom stereocenters. The van der Waals surface area contributed by atoms with E-state index >= 15 is 0 Å². The molecule has 9 heteroatoms. The molecule has 0 bridgehead atoms. The highest BCUT2D eigenvalue weighted by molar-refractivity contribution is 7.99. The third-order valence-corrected chi connectivity index (χ3v) is 5.91. The van der Waals surface area contributed by atoms with Crippen molar-refractivity contribution in [2.75, 3.05) is 30.7 Å². The van der Waals surface area contributed by atoms with Gasteiger partial charge in [0.1, 0.15) is 11.3 Å². The number of anilines is 1. The van der Waals surface area contributed by atoms with Crippen LogP contribution in [0.3, 0.4) is 0 Å². The molecule has 3 aromatic rings. The Balaban J connectivity index is 1.23. The number of likely N-dealkylation sites (tertiary alicyclic amines) is 1. The summed E-state index contributed by atoms with van der Waals surface area (Å²) in [6, 6.07) is 12.8. The average molecular weight is 443 g/mol. The largest absolute Gasteiger partial charge is 0.431 e. The topological polar surface area (TPSA) is 87.5 Å². The van der Waals surface area contributed by atoms with Crippen LogP contribution in [-0.2, 0) is 4.79 Å². The molecule has 1 saturated heterocycles. The van der Waals surface area contributed by atoms with Gasteiger partial charge in [-0.05, 0) is 49.1 Å². The SMILES string of the molecule is O=C(NCC1CCCN(C(=O)CSc2nc3ccccc3o2)C1)Nc1cccc(F)c1. The van der Waals surface area contributed by atoms with E-state index in [0.29, 0.717) is 36.1 Å². The normalized spacial score (nSPS) is 16.3. The maximum atomic E-state index is 13.2. The molecule has 1 fully saturated rings. The Hall–Kier alpha value is -3.07. The molecule has 0 aliphatic carbocycles. The number of rotatable bonds is 6. The minimum atomic E-state index is -0.407. The Morgan fingerprint density at radius 2 is 2.10 bits per heavy atom. The predicted molar refractivity (Wildman–Crippen MR) is 117 cm³/mol. The number of fused-ring (bicyclic) bond motifs is 1. The van der Waals surface area contributed by atoms with Crippen molar-refractivity contribution in [3.8, 4) is 0 Å². The highest BCUT2D eigenvalue weighted by Crippen LogP contribution is 2.24. The second-order valence-electron chi connectivity index (χ2n) is 7.43. The lowest BCUT2D eigenvalue weighted by Gasteiger charge is -2.32. The molecular weight excluding hydrogens is 419 g/mol. The number of aromatic nitrogens is 1. The summed E-state index contributed by atoms with van der Waals surface area (Å²) < 4.78 is 18.9. The van der Waals surface area contributed by atoms with Gasteiger partial charge < -0.3 is 20.0 Å². The van der Waals surface area contributed by atoms with E-state index in [1.807, 2.05) is 29.2 Å². The quantitative estimate of drug-likeness (QED) is 0.561. The van der Waals surface area contributed by atoms with E-state index < -0.39 is 5.82 Å². The highest BCUT2D eigenvalue weighted by atomic mass is 32.2. The Bertz CT molecular complexity index is 1040. The average Bonchev–Trinajstić information content (AvgIpc) is 3.19. The Morgan fingerprint density at radius 3 is 2.94 bits per heavy atom. The van der Waals surface area contributed by atoms with E-state index in [0.717, 1.165) is 18.4 Å². The van der Waals surface area contributed by atoms with Gasteiger partial charge in [-0.15, -0.1) is 0 Å². The zero-order valence-electron chi connectivity index (χ0n) is 16.8. The second kappa shape index (κ2) is 9.82. The van der Waals surface area contributed by atoms with Gasteiger partial charge in [0.25, 0.3) is 5.22 Å². The van der Waals surface area contributed by atoms with Gasteiger partial charge in [0.2, 0.25) is 5.91 Å². The minimum absolute atomic E-state index is 0.0289. The molecule has 7 nitrogen and oxygen atoms in total. The lowest BCUT2D eigenvalue weighted by atomic mass is 9.98. The molecule has 0 radical (unpaired) electrons. The van der Waals surface area contributed by atoms with Crippen molar-refractivity contribution in [2.24, 2.45) is 5.92 Å². The van der Waals surface area contributed by atoms with Crippen LogP contribution in [0, 0.1) is 11.7 Å². The van der Waals surface area contributed by atoms with Crippen molar-refractivity contribution < 1.29 is 18.4 Å². The fourth-order valence-corrected chi connectivity index (χ4v) is 4.31. The van der Waals surface area contributed by atoms with Gasteiger partial charge in [-0.1, -0.05) is 30.0 Å². The molecule has 1 aromatic heterocycles. The van der Waals surface area contributed by atoms with Crippen LogP contribution in [0.25, 0.3) is 11.1 Å².